The van der Waals surface area contributed by atoms with E-state index in [2.05, 4.69) is 5.32 Å². The molecule has 0 bridgehead atoms. The van der Waals surface area contributed by atoms with E-state index in [0.717, 1.165) is 29.7 Å². The molecule has 138 valence electrons. The molecule has 5 nitrogen and oxygen atoms in total. The first-order valence-electron chi connectivity index (χ1n) is 9.12. The van der Waals surface area contributed by atoms with Gasteiger partial charge in [-0.3, -0.25) is 9.59 Å². The summed E-state index contributed by atoms with van der Waals surface area (Å²) in [7, 11) is 7.32. The molecule has 3 aromatic rings. The lowest BCUT2D eigenvalue weighted by Gasteiger charge is -2.17. The molecule has 1 aromatic heterocycles. The van der Waals surface area contributed by atoms with E-state index in [0.29, 0.717) is 11.2 Å². The summed E-state index contributed by atoms with van der Waals surface area (Å²) in [6, 6.07) is 15.8. The summed E-state index contributed by atoms with van der Waals surface area (Å²) in [6.07, 6.45) is 3.36. The van der Waals surface area contributed by atoms with Crippen LogP contribution in [0.2, 0.25) is 0 Å². The molecule has 0 saturated carbocycles. The summed E-state index contributed by atoms with van der Waals surface area (Å²) in [6.45, 7) is 0. The number of nitrogens with zero attached hydrogens (tertiary/aromatic N) is 1. The van der Waals surface area contributed by atoms with Gasteiger partial charge in [0, 0.05) is 11.9 Å². The lowest BCUT2D eigenvalue weighted by atomic mass is 9.96. The molecule has 0 aliphatic heterocycles. The maximum absolute atomic E-state index is 13.1. The quantitative estimate of drug-likeness (QED) is 0.718. The molecule has 0 fully saturated rings. The van der Waals surface area contributed by atoms with E-state index in [1.54, 1.807) is 54.3 Å². The lowest BCUT2D eigenvalue weighted by molar-refractivity contribution is 0.102. The highest BCUT2D eigenvalue weighted by Gasteiger charge is 2.28. The SMILES string of the molecule is [B]c1ccc(NC(=O)c2cccn(C3CCc4c(OC)cccc43)c2=O)cc1. The highest BCUT2D eigenvalue weighted by Crippen LogP contribution is 2.38. The topological polar surface area (TPSA) is 60.3 Å². The van der Waals surface area contributed by atoms with Crippen LogP contribution >= 0.6 is 0 Å². The van der Waals surface area contributed by atoms with Crippen LogP contribution < -0.4 is 21.1 Å². The van der Waals surface area contributed by atoms with Crippen molar-refractivity contribution in [2.75, 3.05) is 12.4 Å². The number of anilines is 1. The number of rotatable bonds is 4. The Bertz CT molecular complexity index is 1090. The summed E-state index contributed by atoms with van der Waals surface area (Å²) in [4.78, 5) is 25.7. The average Bonchev–Trinajstić information content (AvgIpc) is 3.14. The molecule has 1 aliphatic carbocycles. The first kappa shape index (κ1) is 18.1. The van der Waals surface area contributed by atoms with E-state index in [4.69, 9.17) is 12.6 Å². The van der Waals surface area contributed by atoms with E-state index in [9.17, 15) is 9.59 Å². The number of hydrogen-bond donors (Lipinski definition) is 1. The molecule has 0 spiro atoms. The molecule has 1 amide bonds. The van der Waals surface area contributed by atoms with Gasteiger partial charge in [0.25, 0.3) is 11.5 Å². The van der Waals surface area contributed by atoms with Gasteiger partial charge in [-0.25, -0.2) is 0 Å². The van der Waals surface area contributed by atoms with Crippen LogP contribution in [0.3, 0.4) is 0 Å². The Kier molecular flexibility index (Phi) is 4.78. The van der Waals surface area contributed by atoms with Gasteiger partial charge in [0.05, 0.1) is 13.2 Å². The minimum atomic E-state index is -0.437. The Labute approximate surface area is 164 Å². The first-order chi connectivity index (χ1) is 13.6. The second-order valence-electron chi connectivity index (χ2n) is 6.79. The summed E-state index contributed by atoms with van der Waals surface area (Å²) >= 11 is 0. The number of benzene rings is 2. The monoisotopic (exact) mass is 370 g/mol. The van der Waals surface area contributed by atoms with Crippen molar-refractivity contribution in [3.8, 4) is 5.75 Å². The van der Waals surface area contributed by atoms with Crippen molar-refractivity contribution < 1.29 is 9.53 Å². The van der Waals surface area contributed by atoms with Gasteiger partial charge >= 0.3 is 0 Å². The minimum Gasteiger partial charge on any atom is -0.496 e. The second-order valence-corrected chi connectivity index (χ2v) is 6.79. The number of ether oxygens (including phenoxy) is 1. The molecule has 4 rings (SSSR count). The van der Waals surface area contributed by atoms with Crippen LogP contribution in [0.25, 0.3) is 0 Å². The Hall–Kier alpha value is -3.28. The fourth-order valence-electron chi connectivity index (χ4n) is 3.77. The maximum atomic E-state index is 13.1. The second kappa shape index (κ2) is 7.39. The molecule has 1 atom stereocenters. The first-order valence-corrected chi connectivity index (χ1v) is 9.12. The molecular formula is C22H19BN2O3. The van der Waals surface area contributed by atoms with E-state index >= 15 is 0 Å². The Morgan fingerprint density at radius 1 is 1.14 bits per heavy atom. The maximum Gasteiger partial charge on any atom is 0.263 e. The van der Waals surface area contributed by atoms with E-state index in [1.807, 2.05) is 18.2 Å². The smallest absolute Gasteiger partial charge is 0.263 e. The fraction of sp³-hybridized carbons (Fsp3) is 0.182. The van der Waals surface area contributed by atoms with Crippen molar-refractivity contribution in [3.63, 3.8) is 0 Å². The van der Waals surface area contributed by atoms with Gasteiger partial charge < -0.3 is 14.6 Å². The zero-order chi connectivity index (χ0) is 19.7. The van der Waals surface area contributed by atoms with Crippen molar-refractivity contribution in [2.24, 2.45) is 0 Å². The predicted molar refractivity (Wildman–Crippen MR) is 110 cm³/mol. The number of hydrogen-bond acceptors (Lipinski definition) is 3. The van der Waals surface area contributed by atoms with Crippen molar-refractivity contribution in [1.82, 2.24) is 4.57 Å². The van der Waals surface area contributed by atoms with Gasteiger partial charge in [-0.05, 0) is 54.3 Å². The van der Waals surface area contributed by atoms with Gasteiger partial charge in [-0.15, -0.1) is 0 Å². The Balaban J connectivity index is 1.66. The summed E-state index contributed by atoms with van der Waals surface area (Å²) in [5.74, 6) is 0.401. The van der Waals surface area contributed by atoms with Crippen LogP contribution in [0.15, 0.2) is 65.6 Å². The molecular weight excluding hydrogens is 351 g/mol. The van der Waals surface area contributed by atoms with Crippen LogP contribution in [-0.2, 0) is 6.42 Å². The number of carbonyl (C=O) groups is 1. The summed E-state index contributed by atoms with van der Waals surface area (Å²) in [5.41, 5.74) is 3.18. The zero-order valence-corrected chi connectivity index (χ0v) is 15.5. The molecule has 0 saturated heterocycles. The molecule has 2 aromatic carbocycles. The van der Waals surface area contributed by atoms with Gasteiger partial charge in [-0.2, -0.15) is 0 Å². The van der Waals surface area contributed by atoms with Gasteiger partial charge in [0.15, 0.2) is 0 Å². The van der Waals surface area contributed by atoms with Crippen LogP contribution in [0.1, 0.15) is 33.9 Å². The Morgan fingerprint density at radius 2 is 1.93 bits per heavy atom. The van der Waals surface area contributed by atoms with Gasteiger partial charge in [0.2, 0.25) is 0 Å². The van der Waals surface area contributed by atoms with Crippen LogP contribution in [-0.4, -0.2) is 25.4 Å². The van der Waals surface area contributed by atoms with Gasteiger partial charge in [0.1, 0.15) is 19.2 Å². The number of nitrogens with one attached hydrogen (secondary N) is 1. The minimum absolute atomic E-state index is 0.107. The number of amides is 1. The molecule has 2 radical (unpaired) electrons. The summed E-state index contributed by atoms with van der Waals surface area (Å²) < 4.78 is 7.09. The third kappa shape index (κ3) is 3.22. The fourth-order valence-corrected chi connectivity index (χ4v) is 3.77. The number of pyridine rings is 1. The molecule has 1 unspecified atom stereocenters. The number of methoxy groups -OCH3 is 1. The standard InChI is InChI=1S/C22H19BN2O3/c1-28-20-6-2-4-16-17(20)11-12-19(16)25-13-3-5-18(22(25)27)21(26)24-15-9-7-14(23)8-10-15/h2-10,13,19H,11-12H2,1H3,(H,24,26). The largest absolute Gasteiger partial charge is 0.496 e. The molecule has 6 heteroatoms. The van der Waals surface area contributed by atoms with Crippen molar-refractivity contribution in [1.29, 1.82) is 0 Å². The molecule has 1 N–H and O–H groups in total. The third-order valence-electron chi connectivity index (χ3n) is 5.14. The third-order valence-corrected chi connectivity index (χ3v) is 5.14. The van der Waals surface area contributed by atoms with Crippen molar-refractivity contribution in [2.45, 2.75) is 18.9 Å². The van der Waals surface area contributed by atoms with Crippen molar-refractivity contribution in [3.05, 3.63) is 87.8 Å². The van der Waals surface area contributed by atoms with Crippen LogP contribution in [0, 0.1) is 0 Å². The normalized spacial score (nSPS) is 15.1. The number of carbonyl (C=O) groups excluding carboxylic acids is 1. The zero-order valence-electron chi connectivity index (χ0n) is 15.5. The number of fused-ring (bicyclic) bond motifs is 1. The van der Waals surface area contributed by atoms with E-state index < -0.39 is 5.91 Å². The number of aromatic nitrogens is 1. The highest BCUT2D eigenvalue weighted by atomic mass is 16.5. The van der Waals surface area contributed by atoms with E-state index in [1.165, 1.54) is 0 Å². The molecule has 28 heavy (non-hydrogen) atoms. The average molecular weight is 370 g/mol. The van der Waals surface area contributed by atoms with Gasteiger partial charge in [-0.1, -0.05) is 29.7 Å². The van der Waals surface area contributed by atoms with Crippen LogP contribution in [0.5, 0.6) is 5.75 Å². The summed E-state index contributed by atoms with van der Waals surface area (Å²) in [5, 5.41) is 2.75. The highest BCUT2D eigenvalue weighted by molar-refractivity contribution is 6.32. The van der Waals surface area contributed by atoms with E-state index in [-0.39, 0.29) is 17.2 Å². The van der Waals surface area contributed by atoms with Crippen molar-refractivity contribution >= 4 is 24.9 Å². The predicted octanol–water partition coefficient (Wildman–Crippen LogP) is 2.44. The Morgan fingerprint density at radius 3 is 2.68 bits per heavy atom. The van der Waals surface area contributed by atoms with Crippen LogP contribution in [0.4, 0.5) is 5.69 Å². The molecule has 1 heterocycles. The lowest BCUT2D eigenvalue weighted by Crippen LogP contribution is -2.31. The molecule has 1 aliphatic rings.